The van der Waals surface area contributed by atoms with Crippen LogP contribution in [0.4, 0.5) is 13.6 Å². The summed E-state index contributed by atoms with van der Waals surface area (Å²) in [4.78, 5) is 29.7. The maximum absolute atomic E-state index is 13.5. The Morgan fingerprint density at radius 2 is 2.13 bits per heavy atom. The van der Waals surface area contributed by atoms with E-state index >= 15 is 0 Å². The molecule has 2 atom stereocenters. The summed E-state index contributed by atoms with van der Waals surface area (Å²) in [5.41, 5.74) is 0.161. The maximum Gasteiger partial charge on any atom is 0.410 e. The molecule has 0 aliphatic carbocycles. The number of amides is 2. The molecule has 0 bridgehead atoms. The maximum atomic E-state index is 13.5. The average molecular weight is 432 g/mol. The minimum absolute atomic E-state index is 0.118. The lowest BCUT2D eigenvalue weighted by Crippen LogP contribution is -2.43. The molecule has 1 fully saturated rings. The average Bonchev–Trinajstić information content (AvgIpc) is 3.34. The molecular weight excluding hydrogens is 410 g/mol. The number of hydrogen-bond donors (Lipinski definition) is 1. The highest BCUT2D eigenvalue weighted by molar-refractivity contribution is 5.90. The van der Waals surface area contributed by atoms with Crippen molar-refractivity contribution in [1.29, 1.82) is 5.26 Å². The number of likely N-dealkylation sites (tertiary alicyclic amines) is 1. The second-order valence-corrected chi connectivity index (χ2v) is 8.16. The van der Waals surface area contributed by atoms with Crippen LogP contribution in [0.5, 0.6) is 0 Å². The molecule has 1 aliphatic rings. The van der Waals surface area contributed by atoms with Crippen molar-refractivity contribution in [3.8, 4) is 17.4 Å². The molecule has 0 spiro atoms. The van der Waals surface area contributed by atoms with Gasteiger partial charge < -0.3 is 14.5 Å². The lowest BCUT2D eigenvalue weighted by molar-refractivity contribution is -0.00231. The monoisotopic (exact) mass is 432 g/mol. The molecule has 2 heterocycles. The second kappa shape index (κ2) is 8.71. The van der Waals surface area contributed by atoms with Crippen LogP contribution in [-0.2, 0) is 4.74 Å². The number of carbonyl (C=O) groups excluding carboxylic acids is 2. The highest BCUT2D eigenvalue weighted by Gasteiger charge is 2.43. The van der Waals surface area contributed by atoms with Gasteiger partial charge in [0.25, 0.3) is 12.3 Å². The van der Waals surface area contributed by atoms with Gasteiger partial charge in [-0.15, -0.1) is 0 Å². The summed E-state index contributed by atoms with van der Waals surface area (Å²) < 4.78 is 37.6. The molecule has 10 heteroatoms. The summed E-state index contributed by atoms with van der Waals surface area (Å²) in [5.74, 6) is -0.650. The molecule has 164 valence electrons. The van der Waals surface area contributed by atoms with E-state index < -0.39 is 36.1 Å². The summed E-state index contributed by atoms with van der Waals surface area (Å²) in [6.45, 7) is 4.81. The fraction of sp³-hybridized carbons (Fsp3) is 0.429. The Morgan fingerprint density at radius 1 is 1.39 bits per heavy atom. The van der Waals surface area contributed by atoms with Gasteiger partial charge in [-0.05, 0) is 39.3 Å². The number of rotatable bonds is 4. The van der Waals surface area contributed by atoms with Gasteiger partial charge in [0.05, 0.1) is 23.9 Å². The van der Waals surface area contributed by atoms with Crippen molar-refractivity contribution in [2.45, 2.75) is 51.3 Å². The number of nitrogens with one attached hydrogen (secondary N) is 1. The van der Waals surface area contributed by atoms with Crippen LogP contribution in [0, 0.1) is 11.3 Å². The van der Waals surface area contributed by atoms with Gasteiger partial charge in [-0.25, -0.2) is 18.6 Å². The summed E-state index contributed by atoms with van der Waals surface area (Å²) >= 11 is 0. The van der Waals surface area contributed by atoms with E-state index in [0.29, 0.717) is 11.1 Å². The Bertz CT molecular complexity index is 1010. The summed E-state index contributed by atoms with van der Waals surface area (Å²) in [7, 11) is 0. The van der Waals surface area contributed by atoms with Crippen LogP contribution >= 0.6 is 0 Å². The number of nitrogens with zero attached hydrogens (tertiary/aromatic N) is 3. The molecular formula is C21H22F2N4O4. The minimum atomic E-state index is -2.78. The number of oxazole rings is 1. The van der Waals surface area contributed by atoms with E-state index in [9.17, 15) is 18.4 Å². The van der Waals surface area contributed by atoms with Gasteiger partial charge in [0.1, 0.15) is 5.60 Å². The van der Waals surface area contributed by atoms with E-state index in [-0.39, 0.29) is 24.6 Å². The number of ether oxygens (including phenoxy) is 1. The lowest BCUT2D eigenvalue weighted by atomic mass is 10.1. The molecule has 1 aromatic carbocycles. The fourth-order valence-corrected chi connectivity index (χ4v) is 3.24. The Hall–Kier alpha value is -3.48. The standard InChI is InChI=1S/C21H22F2N4O4/c1-21(2,3)31-20(29)27-11-14(8-15(27)17(22)23)26-18(28)19-25-10-16(30-19)13-6-4-5-12(7-13)9-24/h4-7,10,14-15,17H,8,11H2,1-3H3,(H,26,28)/t14-,15+/m1/s1. The van der Waals surface area contributed by atoms with Crippen LogP contribution in [0.1, 0.15) is 43.4 Å². The van der Waals surface area contributed by atoms with Gasteiger partial charge >= 0.3 is 12.0 Å². The van der Waals surface area contributed by atoms with Crippen molar-refractivity contribution in [2.24, 2.45) is 0 Å². The molecule has 1 N–H and O–H groups in total. The van der Waals surface area contributed by atoms with Crippen molar-refractivity contribution in [2.75, 3.05) is 6.54 Å². The van der Waals surface area contributed by atoms with Crippen LogP contribution in [0.15, 0.2) is 34.9 Å². The number of nitriles is 1. The second-order valence-electron chi connectivity index (χ2n) is 8.16. The number of aromatic nitrogens is 1. The van der Waals surface area contributed by atoms with Crippen molar-refractivity contribution in [3.63, 3.8) is 0 Å². The zero-order valence-corrected chi connectivity index (χ0v) is 17.3. The largest absolute Gasteiger partial charge is 0.444 e. The van der Waals surface area contributed by atoms with E-state index in [2.05, 4.69) is 10.3 Å². The predicted octanol–water partition coefficient (Wildman–Crippen LogP) is 3.59. The molecule has 8 nitrogen and oxygen atoms in total. The Labute approximate surface area is 177 Å². The van der Waals surface area contributed by atoms with Gasteiger partial charge in [-0.3, -0.25) is 9.69 Å². The molecule has 0 unspecified atom stereocenters. The van der Waals surface area contributed by atoms with Crippen LogP contribution in [0.3, 0.4) is 0 Å². The lowest BCUT2D eigenvalue weighted by Gasteiger charge is -2.28. The highest BCUT2D eigenvalue weighted by Crippen LogP contribution is 2.26. The Morgan fingerprint density at radius 3 is 2.77 bits per heavy atom. The zero-order chi connectivity index (χ0) is 22.8. The number of benzene rings is 1. The molecule has 3 rings (SSSR count). The zero-order valence-electron chi connectivity index (χ0n) is 17.3. The summed E-state index contributed by atoms with van der Waals surface area (Å²) in [6, 6.07) is 6.52. The van der Waals surface area contributed by atoms with Crippen LogP contribution in [-0.4, -0.2) is 52.5 Å². The van der Waals surface area contributed by atoms with Crippen molar-refractivity contribution >= 4 is 12.0 Å². The first-order chi connectivity index (χ1) is 14.6. The molecule has 31 heavy (non-hydrogen) atoms. The molecule has 1 aromatic heterocycles. The summed E-state index contributed by atoms with van der Waals surface area (Å²) in [5, 5.41) is 11.6. The molecule has 1 aliphatic heterocycles. The van der Waals surface area contributed by atoms with Crippen LogP contribution in [0.2, 0.25) is 0 Å². The molecule has 2 amide bonds. The van der Waals surface area contributed by atoms with Gasteiger partial charge in [0.15, 0.2) is 5.76 Å². The molecule has 2 aromatic rings. The third-order valence-corrected chi connectivity index (χ3v) is 4.57. The van der Waals surface area contributed by atoms with Crippen molar-refractivity contribution in [1.82, 2.24) is 15.2 Å². The summed E-state index contributed by atoms with van der Waals surface area (Å²) in [6.07, 6.45) is -2.42. The van der Waals surface area contributed by atoms with E-state index in [0.717, 1.165) is 4.90 Å². The third kappa shape index (κ3) is 5.36. The first-order valence-electron chi connectivity index (χ1n) is 9.62. The van der Waals surface area contributed by atoms with Crippen LogP contribution < -0.4 is 5.32 Å². The number of halogens is 2. The molecule has 0 radical (unpaired) electrons. The number of alkyl halides is 2. The first kappa shape index (κ1) is 22.2. The van der Waals surface area contributed by atoms with E-state index in [4.69, 9.17) is 14.4 Å². The SMILES string of the molecule is CC(C)(C)OC(=O)N1C[C@H](NC(=O)c2ncc(-c3cccc(C#N)c3)o2)C[C@H]1C(F)F. The first-order valence-corrected chi connectivity index (χ1v) is 9.62. The third-order valence-electron chi connectivity index (χ3n) is 4.57. The molecule has 1 saturated heterocycles. The van der Waals surface area contributed by atoms with Crippen LogP contribution in [0.25, 0.3) is 11.3 Å². The van der Waals surface area contributed by atoms with Gasteiger partial charge in [0.2, 0.25) is 0 Å². The molecule has 0 saturated carbocycles. The number of hydrogen-bond acceptors (Lipinski definition) is 6. The van der Waals surface area contributed by atoms with Gasteiger partial charge in [-0.2, -0.15) is 5.26 Å². The Kier molecular flexibility index (Phi) is 6.24. The normalized spacial score (nSPS) is 18.7. The van der Waals surface area contributed by atoms with Gasteiger partial charge in [0, 0.05) is 18.2 Å². The van der Waals surface area contributed by atoms with Crippen molar-refractivity contribution in [3.05, 3.63) is 41.9 Å². The smallest absolute Gasteiger partial charge is 0.410 e. The Balaban J connectivity index is 1.68. The topological polar surface area (TPSA) is 108 Å². The predicted molar refractivity (Wildman–Crippen MR) is 105 cm³/mol. The van der Waals surface area contributed by atoms with E-state index in [1.54, 1.807) is 45.0 Å². The quantitative estimate of drug-likeness (QED) is 0.791. The van der Waals surface area contributed by atoms with E-state index in [1.165, 1.54) is 6.20 Å². The minimum Gasteiger partial charge on any atom is -0.444 e. The highest BCUT2D eigenvalue weighted by atomic mass is 19.3. The fourth-order valence-electron chi connectivity index (χ4n) is 3.24. The number of carbonyl (C=O) groups is 2. The van der Waals surface area contributed by atoms with Gasteiger partial charge in [-0.1, -0.05) is 12.1 Å². The van der Waals surface area contributed by atoms with E-state index in [1.807, 2.05) is 6.07 Å². The van der Waals surface area contributed by atoms with Crippen molar-refractivity contribution < 1.29 is 27.5 Å².